The van der Waals surface area contributed by atoms with Crippen LogP contribution in [0.25, 0.3) is 10.8 Å². The molecule has 156 valence electrons. The Bertz CT molecular complexity index is 1360. The third-order valence-electron chi connectivity index (χ3n) is 4.82. The van der Waals surface area contributed by atoms with Crippen molar-refractivity contribution in [3.63, 3.8) is 0 Å². The summed E-state index contributed by atoms with van der Waals surface area (Å²) in [5.74, 6) is -0.534. The maximum Gasteiger partial charge on any atom is 0.292 e. The molecule has 0 unspecified atom stereocenters. The van der Waals surface area contributed by atoms with E-state index in [0.29, 0.717) is 33.7 Å². The van der Waals surface area contributed by atoms with Crippen molar-refractivity contribution in [2.24, 2.45) is 12.1 Å². The normalized spacial score (nSPS) is 11.3. The quantitative estimate of drug-likeness (QED) is 0.386. The highest BCUT2D eigenvalue weighted by atomic mass is 35.5. The summed E-state index contributed by atoms with van der Waals surface area (Å²) in [4.78, 5) is 24.9. The van der Waals surface area contributed by atoms with E-state index in [1.807, 2.05) is 37.3 Å². The standard InChI is InChI=1S/C22H19ClN6O2/c1-14-18(20(23)29(26-14)13-15-8-4-3-5-9-15)12-24-25-21(30)19-16-10-6-7-11-17(16)22(31)28(2)27-19/h3-12H,13H2,1-2H3,(H,25,30)/b24-12+. The number of aryl methyl sites for hydroxylation is 2. The van der Waals surface area contributed by atoms with Gasteiger partial charge in [0.1, 0.15) is 5.15 Å². The predicted molar refractivity (Wildman–Crippen MR) is 120 cm³/mol. The number of benzene rings is 2. The number of aromatic nitrogens is 4. The van der Waals surface area contributed by atoms with E-state index in [-0.39, 0.29) is 11.3 Å². The lowest BCUT2D eigenvalue weighted by molar-refractivity contribution is 0.0950. The molecule has 2 heterocycles. The highest BCUT2D eigenvalue weighted by Crippen LogP contribution is 2.19. The fourth-order valence-corrected chi connectivity index (χ4v) is 3.53. The van der Waals surface area contributed by atoms with Crippen molar-refractivity contribution < 1.29 is 4.79 Å². The van der Waals surface area contributed by atoms with Crippen LogP contribution in [0.5, 0.6) is 0 Å². The number of hydrogen-bond donors (Lipinski definition) is 1. The Morgan fingerprint density at radius 2 is 1.77 bits per heavy atom. The SMILES string of the molecule is Cc1nn(Cc2ccccc2)c(Cl)c1/C=N/NC(=O)c1nn(C)c(=O)c2ccccc12. The van der Waals surface area contributed by atoms with Crippen molar-refractivity contribution in [3.8, 4) is 0 Å². The first-order chi connectivity index (χ1) is 15.0. The average Bonchev–Trinajstić information content (AvgIpc) is 3.04. The van der Waals surface area contributed by atoms with Gasteiger partial charge >= 0.3 is 0 Å². The zero-order valence-corrected chi connectivity index (χ0v) is 17.7. The van der Waals surface area contributed by atoms with Crippen LogP contribution in [0.3, 0.4) is 0 Å². The number of halogens is 1. The first-order valence-electron chi connectivity index (χ1n) is 9.52. The van der Waals surface area contributed by atoms with Gasteiger partial charge in [0, 0.05) is 12.4 Å². The van der Waals surface area contributed by atoms with Gasteiger partial charge in [0.2, 0.25) is 0 Å². The molecule has 0 atom stereocenters. The summed E-state index contributed by atoms with van der Waals surface area (Å²) in [6.07, 6.45) is 1.45. The van der Waals surface area contributed by atoms with Gasteiger partial charge in [-0.3, -0.25) is 9.59 Å². The summed E-state index contributed by atoms with van der Waals surface area (Å²) >= 11 is 6.47. The molecule has 0 radical (unpaired) electrons. The molecule has 1 N–H and O–H groups in total. The average molecular weight is 435 g/mol. The Labute approximate surface area is 182 Å². The van der Waals surface area contributed by atoms with Gasteiger partial charge in [-0.05, 0) is 18.6 Å². The number of rotatable bonds is 5. The number of nitrogens with zero attached hydrogens (tertiary/aromatic N) is 5. The lowest BCUT2D eigenvalue weighted by Crippen LogP contribution is -2.27. The molecule has 0 aliphatic carbocycles. The fourth-order valence-electron chi connectivity index (χ4n) is 3.25. The van der Waals surface area contributed by atoms with E-state index in [4.69, 9.17) is 11.6 Å². The fraction of sp³-hybridized carbons (Fsp3) is 0.136. The predicted octanol–water partition coefficient (Wildman–Crippen LogP) is 2.90. The first-order valence-corrected chi connectivity index (χ1v) is 9.90. The van der Waals surface area contributed by atoms with Gasteiger partial charge in [0.05, 0.1) is 29.4 Å². The van der Waals surface area contributed by atoms with Gasteiger partial charge < -0.3 is 0 Å². The van der Waals surface area contributed by atoms with Crippen molar-refractivity contribution in [2.75, 3.05) is 0 Å². The molecule has 4 rings (SSSR count). The second-order valence-electron chi connectivity index (χ2n) is 6.96. The van der Waals surface area contributed by atoms with E-state index in [9.17, 15) is 9.59 Å². The molecular weight excluding hydrogens is 416 g/mol. The summed E-state index contributed by atoms with van der Waals surface area (Å²) in [5, 5.41) is 13.9. The lowest BCUT2D eigenvalue weighted by Gasteiger charge is -2.06. The second-order valence-corrected chi connectivity index (χ2v) is 7.31. The number of carbonyl (C=O) groups excluding carboxylic acids is 1. The summed E-state index contributed by atoms with van der Waals surface area (Å²) in [6.45, 7) is 2.34. The number of hydrogen-bond acceptors (Lipinski definition) is 5. The van der Waals surface area contributed by atoms with Gasteiger partial charge in [-0.25, -0.2) is 14.8 Å². The Kier molecular flexibility index (Phi) is 5.64. The van der Waals surface area contributed by atoms with E-state index >= 15 is 0 Å². The van der Waals surface area contributed by atoms with Gasteiger partial charge in [-0.1, -0.05) is 60.1 Å². The highest BCUT2D eigenvalue weighted by Gasteiger charge is 2.16. The third-order valence-corrected chi connectivity index (χ3v) is 5.21. The summed E-state index contributed by atoms with van der Waals surface area (Å²) < 4.78 is 2.81. The number of hydrazone groups is 1. The molecule has 0 fully saturated rings. The van der Waals surface area contributed by atoms with Crippen molar-refractivity contribution in [1.29, 1.82) is 0 Å². The van der Waals surface area contributed by atoms with Crippen molar-refractivity contribution >= 4 is 34.5 Å². The van der Waals surface area contributed by atoms with Crippen LogP contribution < -0.4 is 11.0 Å². The van der Waals surface area contributed by atoms with Crippen LogP contribution in [0.15, 0.2) is 64.5 Å². The minimum absolute atomic E-state index is 0.109. The highest BCUT2D eigenvalue weighted by molar-refractivity contribution is 6.32. The minimum Gasteiger partial charge on any atom is -0.267 e. The third kappa shape index (κ3) is 4.10. The molecule has 0 spiro atoms. The molecule has 31 heavy (non-hydrogen) atoms. The Morgan fingerprint density at radius 1 is 1.10 bits per heavy atom. The molecule has 0 saturated heterocycles. The monoisotopic (exact) mass is 434 g/mol. The Balaban J connectivity index is 1.56. The number of carbonyl (C=O) groups is 1. The van der Waals surface area contributed by atoms with Gasteiger partial charge in [0.15, 0.2) is 5.69 Å². The topological polar surface area (TPSA) is 94.2 Å². The molecule has 2 aromatic carbocycles. The summed E-state index contributed by atoms with van der Waals surface area (Å²) in [7, 11) is 1.50. The van der Waals surface area contributed by atoms with Gasteiger partial charge in [-0.15, -0.1) is 0 Å². The smallest absolute Gasteiger partial charge is 0.267 e. The minimum atomic E-state index is -0.534. The van der Waals surface area contributed by atoms with E-state index in [1.165, 1.54) is 13.3 Å². The van der Waals surface area contributed by atoms with Crippen molar-refractivity contribution in [3.05, 3.63) is 92.6 Å². The molecule has 0 aliphatic heterocycles. The van der Waals surface area contributed by atoms with Crippen molar-refractivity contribution in [2.45, 2.75) is 13.5 Å². The molecule has 0 bridgehead atoms. The molecule has 1 amide bonds. The van der Waals surface area contributed by atoms with E-state index < -0.39 is 5.91 Å². The number of fused-ring (bicyclic) bond motifs is 1. The Morgan fingerprint density at radius 3 is 2.52 bits per heavy atom. The van der Waals surface area contributed by atoms with Crippen LogP contribution in [0.1, 0.15) is 27.3 Å². The lowest BCUT2D eigenvalue weighted by atomic mass is 10.1. The summed E-state index contributed by atoms with van der Waals surface area (Å²) in [6, 6.07) is 16.7. The molecule has 2 aromatic heterocycles. The zero-order chi connectivity index (χ0) is 22.0. The van der Waals surface area contributed by atoms with Crippen LogP contribution in [0, 0.1) is 6.92 Å². The largest absolute Gasteiger partial charge is 0.292 e. The maximum atomic E-state index is 12.7. The first kappa shape index (κ1) is 20.5. The molecule has 0 aliphatic rings. The number of nitrogens with one attached hydrogen (secondary N) is 1. The molecular formula is C22H19ClN6O2. The van der Waals surface area contributed by atoms with Crippen LogP contribution >= 0.6 is 11.6 Å². The molecule has 0 saturated carbocycles. The van der Waals surface area contributed by atoms with E-state index in [0.717, 1.165) is 10.2 Å². The molecule has 8 nitrogen and oxygen atoms in total. The Hall–Kier alpha value is -3.78. The van der Waals surface area contributed by atoms with Crippen LogP contribution in [-0.2, 0) is 13.6 Å². The van der Waals surface area contributed by atoms with Crippen LogP contribution in [-0.4, -0.2) is 31.7 Å². The van der Waals surface area contributed by atoms with Gasteiger partial charge in [0.25, 0.3) is 11.5 Å². The molecule has 4 aromatic rings. The summed E-state index contributed by atoms with van der Waals surface area (Å²) in [5.41, 5.74) is 4.65. The van der Waals surface area contributed by atoms with Crippen LogP contribution in [0.4, 0.5) is 0 Å². The van der Waals surface area contributed by atoms with E-state index in [1.54, 1.807) is 28.9 Å². The second kappa shape index (κ2) is 8.53. The zero-order valence-electron chi connectivity index (χ0n) is 16.9. The van der Waals surface area contributed by atoms with Gasteiger partial charge in [-0.2, -0.15) is 15.3 Å². The van der Waals surface area contributed by atoms with Crippen LogP contribution in [0.2, 0.25) is 5.15 Å². The van der Waals surface area contributed by atoms with E-state index in [2.05, 4.69) is 20.7 Å². The maximum absolute atomic E-state index is 12.7. The van der Waals surface area contributed by atoms with Crippen molar-refractivity contribution in [1.82, 2.24) is 25.0 Å². The number of amides is 1. The molecule has 9 heteroatoms.